The van der Waals surface area contributed by atoms with Gasteiger partial charge in [0, 0.05) is 24.5 Å². The van der Waals surface area contributed by atoms with E-state index in [-0.39, 0.29) is 28.5 Å². The second kappa shape index (κ2) is 9.80. The summed E-state index contributed by atoms with van der Waals surface area (Å²) in [6.45, 7) is 3.18. The molecular formula is C20H18N6O5S. The number of nitrogens with one attached hydrogen (secondary N) is 2. The number of benzene rings is 1. The molecule has 0 fully saturated rings. The highest BCUT2D eigenvalue weighted by Gasteiger charge is 2.20. The number of amides is 2. The molecule has 1 unspecified atom stereocenters. The van der Waals surface area contributed by atoms with E-state index in [0.717, 1.165) is 11.3 Å². The summed E-state index contributed by atoms with van der Waals surface area (Å²) in [5.41, 5.74) is 1.17. The molecule has 0 aliphatic rings. The van der Waals surface area contributed by atoms with Crippen molar-refractivity contribution in [2.75, 3.05) is 5.32 Å². The summed E-state index contributed by atoms with van der Waals surface area (Å²) in [5, 5.41) is 27.3. The van der Waals surface area contributed by atoms with E-state index in [4.69, 9.17) is 14.9 Å². The molecule has 3 N–H and O–H groups in total. The molecule has 32 heavy (non-hydrogen) atoms. The number of carbonyl (C=O) groups is 3. The highest BCUT2D eigenvalue weighted by Crippen LogP contribution is 2.23. The molecule has 12 heteroatoms. The fourth-order valence-corrected chi connectivity index (χ4v) is 3.63. The van der Waals surface area contributed by atoms with Crippen LogP contribution in [0.1, 0.15) is 44.5 Å². The Morgan fingerprint density at radius 2 is 2.06 bits per heavy atom. The van der Waals surface area contributed by atoms with Crippen LogP contribution in [-0.2, 0) is 4.79 Å². The minimum atomic E-state index is -1.13. The van der Waals surface area contributed by atoms with Gasteiger partial charge in [0.25, 0.3) is 5.91 Å². The number of hydrogen-bond donors (Lipinski definition) is 3. The fourth-order valence-electron chi connectivity index (χ4n) is 2.81. The van der Waals surface area contributed by atoms with Crippen LogP contribution in [0.4, 0.5) is 5.13 Å². The van der Waals surface area contributed by atoms with Gasteiger partial charge in [0.05, 0.1) is 24.2 Å². The number of nitrogens with zero attached hydrogens (tertiary/aromatic N) is 4. The maximum atomic E-state index is 12.7. The van der Waals surface area contributed by atoms with E-state index >= 15 is 0 Å². The molecule has 0 aliphatic heterocycles. The lowest BCUT2D eigenvalue weighted by Gasteiger charge is -2.15. The van der Waals surface area contributed by atoms with Gasteiger partial charge < -0.3 is 20.3 Å². The van der Waals surface area contributed by atoms with Crippen molar-refractivity contribution in [2.45, 2.75) is 32.7 Å². The molecule has 0 saturated carbocycles. The first kappa shape index (κ1) is 22.6. The van der Waals surface area contributed by atoms with Gasteiger partial charge in [-0.3, -0.25) is 9.59 Å². The Morgan fingerprint density at radius 1 is 1.28 bits per heavy atom. The molecule has 0 saturated heterocycles. The number of carboxylic acid groups (broad SMARTS) is 1. The van der Waals surface area contributed by atoms with Crippen LogP contribution in [0.3, 0.4) is 0 Å². The summed E-state index contributed by atoms with van der Waals surface area (Å²) >= 11 is 0.834. The molecule has 2 heterocycles. The second-order valence-corrected chi connectivity index (χ2v) is 7.74. The molecule has 0 spiro atoms. The fraction of sp³-hybridized carbons (Fsp3) is 0.250. The van der Waals surface area contributed by atoms with Crippen molar-refractivity contribution in [3.05, 3.63) is 46.3 Å². The standard InChI is InChI=1S/C20H18N6O5S/c1-10-16(19(29)30)32-20(22-10)25-15(27)9-14(6-7-21)24-18(28)13-5-3-4-12(8-13)17-23-11(2)31-26-17/h3-5,8,14H,6,9H2,1-2H3,(H,24,28)(H,29,30)(H,22,25,27). The zero-order valence-corrected chi connectivity index (χ0v) is 17.9. The molecule has 2 aromatic heterocycles. The summed E-state index contributed by atoms with van der Waals surface area (Å²) in [4.78, 5) is 44.3. The first-order chi connectivity index (χ1) is 15.3. The third kappa shape index (κ3) is 5.52. The van der Waals surface area contributed by atoms with E-state index in [9.17, 15) is 14.4 Å². The number of carbonyl (C=O) groups excluding carboxylic acids is 2. The zero-order valence-electron chi connectivity index (χ0n) is 17.1. The lowest BCUT2D eigenvalue weighted by molar-refractivity contribution is -0.116. The van der Waals surface area contributed by atoms with Gasteiger partial charge in [-0.05, 0) is 19.1 Å². The van der Waals surface area contributed by atoms with Crippen LogP contribution in [0.2, 0.25) is 0 Å². The van der Waals surface area contributed by atoms with Crippen molar-refractivity contribution in [3.63, 3.8) is 0 Å². The van der Waals surface area contributed by atoms with Gasteiger partial charge in [-0.15, -0.1) is 0 Å². The normalized spacial score (nSPS) is 11.4. The number of nitriles is 1. The summed E-state index contributed by atoms with van der Waals surface area (Å²) < 4.78 is 4.95. The number of anilines is 1. The molecular weight excluding hydrogens is 436 g/mol. The number of aromatic nitrogens is 3. The van der Waals surface area contributed by atoms with Crippen LogP contribution in [0.25, 0.3) is 11.4 Å². The zero-order chi connectivity index (χ0) is 23.3. The first-order valence-corrected chi connectivity index (χ1v) is 10.2. The molecule has 1 atom stereocenters. The van der Waals surface area contributed by atoms with Crippen molar-refractivity contribution in [1.29, 1.82) is 5.26 Å². The Balaban J connectivity index is 1.66. The van der Waals surface area contributed by atoms with E-state index in [1.807, 2.05) is 6.07 Å². The molecule has 3 aromatic rings. The Hall–Kier alpha value is -4.11. The highest BCUT2D eigenvalue weighted by atomic mass is 32.1. The van der Waals surface area contributed by atoms with Crippen molar-refractivity contribution in [3.8, 4) is 17.5 Å². The number of aryl methyl sites for hydroxylation is 2. The average Bonchev–Trinajstić information content (AvgIpc) is 3.33. The Bertz CT molecular complexity index is 1210. The lowest BCUT2D eigenvalue weighted by Crippen LogP contribution is -2.37. The van der Waals surface area contributed by atoms with Gasteiger partial charge in [0.1, 0.15) is 4.88 Å². The topological polar surface area (TPSA) is 171 Å². The molecule has 0 bridgehead atoms. The lowest BCUT2D eigenvalue weighted by atomic mass is 10.1. The second-order valence-electron chi connectivity index (χ2n) is 6.74. The number of aromatic carboxylic acids is 1. The Labute approximate surface area is 186 Å². The molecule has 3 rings (SSSR count). The monoisotopic (exact) mass is 454 g/mol. The van der Waals surface area contributed by atoms with Gasteiger partial charge in [-0.2, -0.15) is 10.2 Å². The number of thiazole rings is 1. The van der Waals surface area contributed by atoms with Crippen molar-refractivity contribution in [2.24, 2.45) is 0 Å². The van der Waals surface area contributed by atoms with E-state index in [1.165, 1.54) is 6.92 Å². The first-order valence-electron chi connectivity index (χ1n) is 9.36. The van der Waals surface area contributed by atoms with Crippen LogP contribution in [0.15, 0.2) is 28.8 Å². The SMILES string of the molecule is Cc1nc(-c2cccc(C(=O)NC(CC#N)CC(=O)Nc3nc(C)c(C(=O)O)s3)c2)no1. The van der Waals surface area contributed by atoms with E-state index in [1.54, 1.807) is 31.2 Å². The van der Waals surface area contributed by atoms with Gasteiger partial charge in [0.2, 0.25) is 17.6 Å². The quantitative estimate of drug-likeness (QED) is 0.462. The third-order valence-electron chi connectivity index (χ3n) is 4.25. The summed E-state index contributed by atoms with van der Waals surface area (Å²) in [5.74, 6) is -1.38. The number of rotatable bonds is 8. The van der Waals surface area contributed by atoms with E-state index in [0.29, 0.717) is 22.8 Å². The maximum Gasteiger partial charge on any atom is 0.347 e. The van der Waals surface area contributed by atoms with Crippen LogP contribution in [0.5, 0.6) is 0 Å². The molecule has 2 amide bonds. The van der Waals surface area contributed by atoms with Gasteiger partial charge >= 0.3 is 5.97 Å². The molecule has 1 aromatic carbocycles. The van der Waals surface area contributed by atoms with Gasteiger partial charge in [-0.25, -0.2) is 9.78 Å². The Morgan fingerprint density at radius 3 is 2.69 bits per heavy atom. The number of hydrogen-bond acceptors (Lipinski definition) is 9. The minimum Gasteiger partial charge on any atom is -0.477 e. The van der Waals surface area contributed by atoms with Crippen molar-refractivity contribution in [1.82, 2.24) is 20.4 Å². The smallest absolute Gasteiger partial charge is 0.347 e. The van der Waals surface area contributed by atoms with Crippen LogP contribution in [-0.4, -0.2) is 44.1 Å². The summed E-state index contributed by atoms with van der Waals surface area (Å²) in [6.07, 6.45) is -0.287. The predicted molar refractivity (Wildman–Crippen MR) is 113 cm³/mol. The minimum absolute atomic E-state index is 0.0267. The molecule has 11 nitrogen and oxygen atoms in total. The van der Waals surface area contributed by atoms with Crippen LogP contribution < -0.4 is 10.6 Å². The summed E-state index contributed by atoms with van der Waals surface area (Å²) in [7, 11) is 0. The Kier molecular flexibility index (Phi) is 6.91. The van der Waals surface area contributed by atoms with Crippen LogP contribution >= 0.6 is 11.3 Å². The number of carboxylic acids is 1. The van der Waals surface area contributed by atoms with Crippen LogP contribution in [0, 0.1) is 25.2 Å². The molecule has 0 aliphatic carbocycles. The highest BCUT2D eigenvalue weighted by molar-refractivity contribution is 7.17. The van der Waals surface area contributed by atoms with E-state index < -0.39 is 23.8 Å². The van der Waals surface area contributed by atoms with Gasteiger partial charge in [0.15, 0.2) is 5.13 Å². The maximum absolute atomic E-state index is 12.7. The average molecular weight is 454 g/mol. The van der Waals surface area contributed by atoms with Gasteiger partial charge in [-0.1, -0.05) is 28.6 Å². The van der Waals surface area contributed by atoms with Crippen molar-refractivity contribution >= 4 is 34.3 Å². The molecule has 164 valence electrons. The molecule has 0 radical (unpaired) electrons. The predicted octanol–water partition coefficient (Wildman–Crippen LogP) is 2.55. The largest absolute Gasteiger partial charge is 0.477 e. The van der Waals surface area contributed by atoms with E-state index in [2.05, 4.69) is 25.8 Å². The van der Waals surface area contributed by atoms with Crippen molar-refractivity contribution < 1.29 is 24.0 Å². The third-order valence-corrected chi connectivity index (χ3v) is 5.31. The summed E-state index contributed by atoms with van der Waals surface area (Å²) in [6, 6.07) is 7.73.